The van der Waals surface area contributed by atoms with Gasteiger partial charge in [-0.25, -0.2) is 0 Å². The van der Waals surface area contributed by atoms with E-state index in [-0.39, 0.29) is 46.1 Å². The van der Waals surface area contributed by atoms with E-state index in [2.05, 4.69) is 0 Å². The third-order valence-corrected chi connectivity index (χ3v) is 0.782. The minimum absolute atomic E-state index is 0. The summed E-state index contributed by atoms with van der Waals surface area (Å²) >= 11 is 0. The number of rotatable bonds is 3. The SMILES string of the molecule is O=C([O-])C(O)C(O)C(=O)[O-].O=C([O-])[O-].[Mg+2].[Mg+2]. The van der Waals surface area contributed by atoms with Crippen LogP contribution in [0.4, 0.5) is 4.79 Å². The maximum atomic E-state index is 9.63. The molecular formula is C5H4Mg2O9. The van der Waals surface area contributed by atoms with Gasteiger partial charge >= 0.3 is 46.1 Å². The van der Waals surface area contributed by atoms with Crippen LogP contribution < -0.4 is 20.4 Å². The predicted molar refractivity (Wildman–Crippen MR) is 38.9 cm³/mol. The van der Waals surface area contributed by atoms with E-state index < -0.39 is 30.3 Å². The minimum Gasteiger partial charge on any atom is -0.652 e. The van der Waals surface area contributed by atoms with Gasteiger partial charge in [0.25, 0.3) is 0 Å². The van der Waals surface area contributed by atoms with Crippen molar-refractivity contribution in [2.75, 3.05) is 0 Å². The first-order chi connectivity index (χ1) is 6.20. The molecule has 0 saturated carbocycles. The van der Waals surface area contributed by atoms with Gasteiger partial charge in [-0.15, -0.1) is 0 Å². The monoisotopic (exact) mass is 256 g/mol. The average Bonchev–Trinajstić information content (AvgIpc) is 2.00. The van der Waals surface area contributed by atoms with E-state index in [0.29, 0.717) is 0 Å². The van der Waals surface area contributed by atoms with Gasteiger partial charge in [0.1, 0.15) is 12.2 Å². The van der Waals surface area contributed by atoms with Crippen LogP contribution in [0.5, 0.6) is 0 Å². The Morgan fingerprint density at radius 3 is 0.938 bits per heavy atom. The maximum absolute atomic E-state index is 9.63. The third kappa shape index (κ3) is 16.1. The van der Waals surface area contributed by atoms with E-state index in [1.165, 1.54) is 0 Å². The summed E-state index contributed by atoms with van der Waals surface area (Å²) in [7, 11) is 0. The fraction of sp³-hybridized carbons (Fsp3) is 0.400. The Labute approximate surface area is 121 Å². The van der Waals surface area contributed by atoms with Gasteiger partial charge in [-0.2, -0.15) is 0 Å². The molecule has 11 heteroatoms. The summed E-state index contributed by atoms with van der Waals surface area (Å²) < 4.78 is 0. The van der Waals surface area contributed by atoms with Gasteiger partial charge in [-0.05, 0) is 6.16 Å². The van der Waals surface area contributed by atoms with Crippen molar-refractivity contribution in [3.05, 3.63) is 0 Å². The molecule has 0 heterocycles. The molecule has 0 saturated heterocycles. The molecule has 0 fully saturated rings. The molecule has 0 aromatic carbocycles. The Balaban J connectivity index is -0.000000105. The maximum Gasteiger partial charge on any atom is 2.00 e. The van der Waals surface area contributed by atoms with Crippen LogP contribution in [-0.2, 0) is 9.59 Å². The summed E-state index contributed by atoms with van der Waals surface area (Å²) in [5.41, 5.74) is 0. The minimum atomic E-state index is -2.44. The quantitative estimate of drug-likeness (QED) is 0.463. The van der Waals surface area contributed by atoms with Crippen LogP contribution in [0.1, 0.15) is 0 Å². The van der Waals surface area contributed by atoms with Gasteiger partial charge in [-0.1, -0.05) is 0 Å². The summed E-state index contributed by atoms with van der Waals surface area (Å²) in [6.45, 7) is 0. The van der Waals surface area contributed by atoms with Crippen molar-refractivity contribution in [2.24, 2.45) is 0 Å². The molecule has 0 radical (unpaired) electrons. The van der Waals surface area contributed by atoms with E-state index in [1.807, 2.05) is 0 Å². The van der Waals surface area contributed by atoms with E-state index in [1.54, 1.807) is 0 Å². The van der Waals surface area contributed by atoms with Gasteiger partial charge in [0.2, 0.25) is 0 Å². The molecule has 0 bridgehead atoms. The first-order valence-corrected chi connectivity index (χ1v) is 2.86. The number of aliphatic carboxylic acids is 2. The fourth-order valence-corrected chi connectivity index (χ4v) is 0.258. The molecule has 9 nitrogen and oxygen atoms in total. The zero-order chi connectivity index (χ0) is 11.9. The Kier molecular flexibility index (Phi) is 19.7. The molecule has 16 heavy (non-hydrogen) atoms. The molecule has 0 aliphatic heterocycles. The average molecular weight is 257 g/mol. The molecule has 0 aliphatic carbocycles. The van der Waals surface area contributed by atoms with E-state index in [9.17, 15) is 19.8 Å². The molecule has 0 spiro atoms. The van der Waals surface area contributed by atoms with Crippen molar-refractivity contribution in [1.82, 2.24) is 0 Å². The first kappa shape index (κ1) is 24.8. The summed E-state index contributed by atoms with van der Waals surface area (Å²) in [5, 5.41) is 52.4. The second kappa shape index (κ2) is 12.7. The first-order valence-electron chi connectivity index (χ1n) is 2.86. The normalized spacial score (nSPS) is 11.4. The fourth-order valence-electron chi connectivity index (χ4n) is 0.258. The van der Waals surface area contributed by atoms with Gasteiger partial charge in [0.15, 0.2) is 0 Å². The number of carbonyl (C=O) groups excluding carboxylic acids is 3. The molecule has 2 N–H and O–H groups in total. The topological polar surface area (TPSA) is 184 Å². The van der Waals surface area contributed by atoms with Gasteiger partial charge in [0, 0.05) is 0 Å². The van der Waals surface area contributed by atoms with Crippen molar-refractivity contribution in [2.45, 2.75) is 12.2 Å². The second-order valence-corrected chi connectivity index (χ2v) is 1.78. The standard InChI is InChI=1S/C4H6O6.CH2O3.2Mg/c5-1(3(7)8)2(6)4(9)10;2-1(3)4;;/h1-2,5-6H,(H,7,8)(H,9,10);(H2,2,3,4);;/q;;2*+2/p-4. The van der Waals surface area contributed by atoms with E-state index >= 15 is 0 Å². The molecule has 0 amide bonds. The molecule has 2 atom stereocenters. The van der Waals surface area contributed by atoms with E-state index in [4.69, 9.17) is 25.2 Å². The predicted octanol–water partition coefficient (Wildman–Crippen LogP) is -8.00. The van der Waals surface area contributed by atoms with Gasteiger partial charge in [-0.3, -0.25) is 0 Å². The van der Waals surface area contributed by atoms with Crippen LogP contribution >= 0.6 is 0 Å². The number of carboxylic acid groups (broad SMARTS) is 4. The zero-order valence-electron chi connectivity index (χ0n) is 7.82. The molecule has 0 aromatic rings. The van der Waals surface area contributed by atoms with Crippen molar-refractivity contribution in [3.63, 3.8) is 0 Å². The van der Waals surface area contributed by atoms with Crippen molar-refractivity contribution in [3.8, 4) is 0 Å². The summed E-state index contributed by atoms with van der Waals surface area (Å²) in [4.78, 5) is 27.6. The Bertz CT molecular complexity index is 208. The van der Waals surface area contributed by atoms with Gasteiger partial charge in [0.05, 0.1) is 11.9 Å². The summed E-state index contributed by atoms with van der Waals surface area (Å²) in [5.74, 6) is -4.12. The summed E-state index contributed by atoms with van der Waals surface area (Å²) in [6.07, 6.45) is -7.21. The Morgan fingerprint density at radius 1 is 0.750 bits per heavy atom. The van der Waals surface area contributed by atoms with Crippen LogP contribution in [-0.4, -0.2) is 86.6 Å². The number of carbonyl (C=O) groups is 3. The van der Waals surface area contributed by atoms with Crippen molar-refractivity contribution < 1.29 is 45.0 Å². The van der Waals surface area contributed by atoms with Crippen LogP contribution in [0.25, 0.3) is 0 Å². The molecule has 0 aliphatic rings. The van der Waals surface area contributed by atoms with Crippen molar-refractivity contribution in [1.29, 1.82) is 0 Å². The number of carboxylic acids is 2. The largest absolute Gasteiger partial charge is 2.00 e. The molecule has 0 aromatic heterocycles. The Hall–Kier alpha value is -0.338. The number of aliphatic hydroxyl groups is 2. The number of hydrogen-bond donors (Lipinski definition) is 2. The third-order valence-electron chi connectivity index (χ3n) is 0.782. The van der Waals surface area contributed by atoms with Gasteiger partial charge < -0.3 is 45.0 Å². The number of aliphatic hydroxyl groups excluding tert-OH is 2. The second-order valence-electron chi connectivity index (χ2n) is 1.78. The van der Waals surface area contributed by atoms with Crippen LogP contribution in [0.3, 0.4) is 0 Å². The summed E-state index contributed by atoms with van der Waals surface area (Å²) in [6, 6.07) is 0. The Morgan fingerprint density at radius 2 is 0.875 bits per heavy atom. The molecular weight excluding hydrogens is 253 g/mol. The smallest absolute Gasteiger partial charge is 0.652 e. The molecule has 0 rings (SSSR count). The van der Waals surface area contributed by atoms with Crippen LogP contribution in [0.2, 0.25) is 0 Å². The van der Waals surface area contributed by atoms with E-state index in [0.717, 1.165) is 0 Å². The van der Waals surface area contributed by atoms with Crippen LogP contribution in [0, 0.1) is 0 Å². The molecule has 2 unspecified atom stereocenters. The number of hydrogen-bond acceptors (Lipinski definition) is 9. The van der Waals surface area contributed by atoms with Crippen LogP contribution in [0.15, 0.2) is 0 Å². The zero-order valence-corrected chi connectivity index (χ0v) is 10.6. The molecule has 82 valence electrons. The van der Waals surface area contributed by atoms with Crippen molar-refractivity contribution >= 4 is 64.2 Å².